The van der Waals surface area contributed by atoms with Crippen LogP contribution in [0.3, 0.4) is 0 Å². The smallest absolute Gasteiger partial charge is 0.106 e. The number of rotatable bonds is 3. The molecule has 2 aromatic carbocycles. The second-order valence-electron chi connectivity index (χ2n) is 4.61. The van der Waals surface area contributed by atoms with Crippen LogP contribution in [0.25, 0.3) is 22.5 Å². The normalized spacial score (nSPS) is 10.3. The third-order valence-corrected chi connectivity index (χ3v) is 4.25. The molecule has 21 heavy (non-hydrogen) atoms. The molecule has 102 valence electrons. The Kier molecular flexibility index (Phi) is 4.07. The molecule has 2 nitrogen and oxygen atoms in total. The van der Waals surface area contributed by atoms with Gasteiger partial charge in [0.15, 0.2) is 0 Å². The first-order valence-corrected chi connectivity index (χ1v) is 7.69. The summed E-state index contributed by atoms with van der Waals surface area (Å²) in [6.07, 6.45) is 5.49. The average molecular weight is 384 g/mol. The van der Waals surface area contributed by atoms with Gasteiger partial charge in [0.1, 0.15) is 12.2 Å². The Morgan fingerprint density at radius 2 is 1.52 bits per heavy atom. The maximum absolute atomic E-state index is 5.49. The van der Waals surface area contributed by atoms with Crippen LogP contribution in [0.2, 0.25) is 0 Å². The molecule has 3 heteroatoms. The van der Waals surface area contributed by atoms with Crippen molar-refractivity contribution in [3.63, 3.8) is 0 Å². The third-order valence-electron chi connectivity index (χ3n) is 3.23. The maximum Gasteiger partial charge on any atom is 0.106 e. The molecule has 0 aliphatic carbocycles. The lowest BCUT2D eigenvalue weighted by molar-refractivity contribution is 0.726. The summed E-state index contributed by atoms with van der Waals surface area (Å²) < 4.78 is 3.03. The summed E-state index contributed by atoms with van der Waals surface area (Å²) in [6.45, 7) is 0.465. The summed E-state index contributed by atoms with van der Waals surface area (Å²) in [7, 11) is 0. The van der Waals surface area contributed by atoms with Crippen LogP contribution < -0.4 is 0 Å². The fourth-order valence-electron chi connectivity index (χ4n) is 2.29. The predicted molar refractivity (Wildman–Crippen MR) is 94.6 cm³/mol. The number of halogens is 1. The van der Waals surface area contributed by atoms with Crippen LogP contribution in [-0.2, 0) is 6.54 Å². The van der Waals surface area contributed by atoms with Gasteiger partial charge in [-0.05, 0) is 22.6 Å². The van der Waals surface area contributed by atoms with Gasteiger partial charge in [0.05, 0.1) is 9.26 Å². The van der Waals surface area contributed by atoms with Crippen LogP contribution in [0.4, 0.5) is 0 Å². The van der Waals surface area contributed by atoms with Crippen molar-refractivity contribution < 1.29 is 0 Å². The van der Waals surface area contributed by atoms with Gasteiger partial charge >= 0.3 is 0 Å². The highest BCUT2D eigenvalue weighted by atomic mass is 127. The zero-order valence-electron chi connectivity index (χ0n) is 11.3. The SMILES string of the molecule is C#CCn1nc(-c2ccccc2)c(I)c1-c1ccccc1. The molecule has 0 saturated heterocycles. The van der Waals surface area contributed by atoms with Crippen LogP contribution in [0.15, 0.2) is 60.7 Å². The van der Waals surface area contributed by atoms with Crippen molar-refractivity contribution in [1.82, 2.24) is 9.78 Å². The van der Waals surface area contributed by atoms with Gasteiger partial charge in [-0.25, -0.2) is 0 Å². The van der Waals surface area contributed by atoms with Crippen molar-refractivity contribution in [1.29, 1.82) is 0 Å². The van der Waals surface area contributed by atoms with Crippen molar-refractivity contribution in [2.24, 2.45) is 0 Å². The van der Waals surface area contributed by atoms with E-state index in [-0.39, 0.29) is 0 Å². The molecule has 1 heterocycles. The number of terminal acetylenes is 1. The summed E-state index contributed by atoms with van der Waals surface area (Å²) in [5.41, 5.74) is 4.29. The van der Waals surface area contributed by atoms with Crippen LogP contribution in [-0.4, -0.2) is 9.78 Å². The number of benzene rings is 2. The lowest BCUT2D eigenvalue weighted by Gasteiger charge is -2.04. The molecular weight excluding hydrogens is 371 g/mol. The highest BCUT2D eigenvalue weighted by Crippen LogP contribution is 2.33. The van der Waals surface area contributed by atoms with Crippen molar-refractivity contribution in [3.8, 4) is 34.9 Å². The molecule has 0 aliphatic rings. The van der Waals surface area contributed by atoms with E-state index in [4.69, 9.17) is 11.5 Å². The molecule has 0 bridgehead atoms. The standard InChI is InChI=1S/C18H13IN2/c1-2-13-21-18(15-11-7-4-8-12-15)16(19)17(20-21)14-9-5-3-6-10-14/h1,3-12H,13H2. The number of hydrogen-bond acceptors (Lipinski definition) is 1. The molecule has 3 aromatic rings. The van der Waals surface area contributed by atoms with Crippen LogP contribution in [0.5, 0.6) is 0 Å². The third kappa shape index (κ3) is 2.72. The highest BCUT2D eigenvalue weighted by Gasteiger charge is 2.17. The topological polar surface area (TPSA) is 17.8 Å². The fourth-order valence-corrected chi connectivity index (χ4v) is 3.30. The Morgan fingerprint density at radius 1 is 0.952 bits per heavy atom. The monoisotopic (exact) mass is 384 g/mol. The van der Waals surface area contributed by atoms with Crippen molar-refractivity contribution in [2.75, 3.05) is 0 Å². The molecule has 0 N–H and O–H groups in total. The van der Waals surface area contributed by atoms with E-state index in [1.165, 1.54) is 0 Å². The molecular formula is C18H13IN2. The molecule has 3 rings (SSSR count). The quantitative estimate of drug-likeness (QED) is 0.482. The fraction of sp³-hybridized carbons (Fsp3) is 0.0556. The lowest BCUT2D eigenvalue weighted by Crippen LogP contribution is -2.00. The lowest BCUT2D eigenvalue weighted by atomic mass is 10.1. The van der Waals surface area contributed by atoms with E-state index in [1.54, 1.807) is 0 Å². The zero-order valence-corrected chi connectivity index (χ0v) is 13.5. The average Bonchev–Trinajstić information content (AvgIpc) is 2.86. The van der Waals surface area contributed by atoms with Gasteiger partial charge in [-0.1, -0.05) is 66.6 Å². The second-order valence-corrected chi connectivity index (χ2v) is 5.68. The first kappa shape index (κ1) is 13.9. The Labute approximate surface area is 138 Å². The zero-order chi connectivity index (χ0) is 14.7. The minimum atomic E-state index is 0.465. The van der Waals surface area contributed by atoms with Crippen LogP contribution in [0.1, 0.15) is 0 Å². The Morgan fingerprint density at radius 3 is 2.10 bits per heavy atom. The Hall–Kier alpha value is -2.06. The van der Waals surface area contributed by atoms with Gasteiger partial charge < -0.3 is 0 Å². The van der Waals surface area contributed by atoms with E-state index in [1.807, 2.05) is 41.1 Å². The maximum atomic E-state index is 5.49. The molecule has 0 fully saturated rings. The first-order valence-electron chi connectivity index (χ1n) is 6.62. The van der Waals surface area contributed by atoms with Gasteiger partial charge in [-0.3, -0.25) is 4.68 Å². The van der Waals surface area contributed by atoms with E-state index in [0.717, 1.165) is 26.1 Å². The second kappa shape index (κ2) is 6.15. The molecule has 0 atom stereocenters. The number of nitrogens with zero attached hydrogens (tertiary/aromatic N) is 2. The van der Waals surface area contributed by atoms with E-state index in [0.29, 0.717) is 6.54 Å². The van der Waals surface area contributed by atoms with Crippen molar-refractivity contribution >= 4 is 22.6 Å². The first-order chi connectivity index (χ1) is 10.3. The molecule has 0 unspecified atom stereocenters. The molecule has 0 aliphatic heterocycles. The van der Waals surface area contributed by atoms with Crippen molar-refractivity contribution in [3.05, 3.63) is 64.2 Å². The Balaban J connectivity index is 2.20. The molecule has 0 saturated carbocycles. The number of hydrogen-bond donors (Lipinski definition) is 0. The largest absolute Gasteiger partial charge is 0.251 e. The van der Waals surface area contributed by atoms with Gasteiger partial charge in [0, 0.05) is 11.1 Å². The summed E-state index contributed by atoms with van der Waals surface area (Å²) in [5, 5.41) is 4.71. The predicted octanol–water partition coefficient (Wildman–Crippen LogP) is 4.45. The summed E-state index contributed by atoms with van der Waals surface area (Å²) in [5.74, 6) is 2.68. The van der Waals surface area contributed by atoms with E-state index in [2.05, 4.69) is 52.8 Å². The number of aromatic nitrogens is 2. The molecule has 0 spiro atoms. The van der Waals surface area contributed by atoms with Gasteiger partial charge in [-0.2, -0.15) is 5.10 Å². The van der Waals surface area contributed by atoms with Gasteiger partial charge in [-0.15, -0.1) is 6.42 Å². The molecule has 0 radical (unpaired) electrons. The summed E-state index contributed by atoms with van der Waals surface area (Å²) >= 11 is 2.36. The minimum absolute atomic E-state index is 0.465. The van der Waals surface area contributed by atoms with Gasteiger partial charge in [0.25, 0.3) is 0 Å². The molecule has 1 aromatic heterocycles. The summed E-state index contributed by atoms with van der Waals surface area (Å²) in [4.78, 5) is 0. The van der Waals surface area contributed by atoms with E-state index >= 15 is 0 Å². The summed E-state index contributed by atoms with van der Waals surface area (Å²) in [6, 6.07) is 20.4. The minimum Gasteiger partial charge on any atom is -0.251 e. The van der Waals surface area contributed by atoms with Crippen LogP contribution >= 0.6 is 22.6 Å². The Bertz CT molecular complexity index is 783. The van der Waals surface area contributed by atoms with Crippen LogP contribution in [0, 0.1) is 15.9 Å². The highest BCUT2D eigenvalue weighted by molar-refractivity contribution is 14.1. The van der Waals surface area contributed by atoms with E-state index in [9.17, 15) is 0 Å². The van der Waals surface area contributed by atoms with E-state index < -0.39 is 0 Å². The molecule has 0 amide bonds. The van der Waals surface area contributed by atoms with Crippen molar-refractivity contribution in [2.45, 2.75) is 6.54 Å². The van der Waals surface area contributed by atoms with Gasteiger partial charge in [0.2, 0.25) is 0 Å².